The van der Waals surface area contributed by atoms with E-state index in [1.54, 1.807) is 23.3 Å². The second-order valence-electron chi connectivity index (χ2n) is 10.1. The first kappa shape index (κ1) is 30.6. The number of hydrogen-bond acceptors (Lipinski definition) is 7. The molecule has 1 aliphatic rings. The van der Waals surface area contributed by atoms with Crippen molar-refractivity contribution in [2.45, 2.75) is 24.5 Å². The summed E-state index contributed by atoms with van der Waals surface area (Å²) in [4.78, 5) is 34.4. The molecule has 226 valence electrons. The molecule has 0 unspecified atom stereocenters. The number of fused-ring (bicyclic) bond motifs is 1. The molecule has 0 amide bonds. The van der Waals surface area contributed by atoms with Crippen molar-refractivity contribution in [3.8, 4) is 5.75 Å². The van der Waals surface area contributed by atoms with Crippen LogP contribution < -0.4 is 19.6 Å². The molecule has 0 saturated carbocycles. The van der Waals surface area contributed by atoms with E-state index in [4.69, 9.17) is 26.1 Å². The van der Waals surface area contributed by atoms with E-state index < -0.39 is 12.0 Å². The summed E-state index contributed by atoms with van der Waals surface area (Å²) in [5.74, 6) is 0.108. The first-order valence-electron chi connectivity index (χ1n) is 14.4. The van der Waals surface area contributed by atoms with Crippen molar-refractivity contribution in [1.82, 2.24) is 4.57 Å². The van der Waals surface area contributed by atoms with Crippen LogP contribution in [0.5, 0.6) is 5.75 Å². The molecule has 45 heavy (non-hydrogen) atoms. The number of thioether (sulfide) groups is 1. The van der Waals surface area contributed by atoms with Crippen molar-refractivity contribution >= 4 is 52.4 Å². The second kappa shape index (κ2) is 13.7. The average molecular weight is 653 g/mol. The maximum Gasteiger partial charge on any atom is 0.338 e. The molecule has 0 aliphatic carbocycles. The quantitative estimate of drug-likeness (QED) is 0.128. The molecule has 5 aromatic rings. The van der Waals surface area contributed by atoms with Crippen molar-refractivity contribution in [1.29, 1.82) is 0 Å². The lowest BCUT2D eigenvalue weighted by atomic mass is 9.93. The summed E-state index contributed by atoms with van der Waals surface area (Å²) in [6.07, 6.45) is 3.82. The first-order chi connectivity index (χ1) is 22.0. The molecule has 0 fully saturated rings. The van der Waals surface area contributed by atoms with E-state index in [0.717, 1.165) is 27.1 Å². The summed E-state index contributed by atoms with van der Waals surface area (Å²) in [6, 6.07) is 31.8. The number of aromatic nitrogens is 1. The molecule has 1 aromatic heterocycles. The van der Waals surface area contributed by atoms with Crippen LogP contribution in [0.4, 0.5) is 0 Å². The topological polar surface area (TPSA) is 69.9 Å². The molecule has 2 heterocycles. The Morgan fingerprint density at radius 2 is 1.69 bits per heavy atom. The van der Waals surface area contributed by atoms with Gasteiger partial charge in [-0.15, -0.1) is 11.8 Å². The summed E-state index contributed by atoms with van der Waals surface area (Å²) in [5, 5.41) is 0.625. The Hall–Kier alpha value is -4.37. The number of thiazole rings is 1. The number of benzene rings is 4. The van der Waals surface area contributed by atoms with Gasteiger partial charge >= 0.3 is 5.97 Å². The van der Waals surface area contributed by atoms with Crippen LogP contribution in [0.15, 0.2) is 123 Å². The molecule has 6 nitrogen and oxygen atoms in total. The van der Waals surface area contributed by atoms with Gasteiger partial charge in [-0.2, -0.15) is 0 Å². The van der Waals surface area contributed by atoms with Gasteiger partial charge in [0.05, 0.1) is 28.5 Å². The van der Waals surface area contributed by atoms with Crippen LogP contribution in [0, 0.1) is 0 Å². The maximum absolute atomic E-state index is 14.3. The van der Waals surface area contributed by atoms with E-state index >= 15 is 0 Å². The van der Waals surface area contributed by atoms with Gasteiger partial charge in [0, 0.05) is 26.6 Å². The molecule has 4 aromatic carbocycles. The molecule has 9 heteroatoms. The minimum Gasteiger partial charge on any atom is -0.488 e. The zero-order valence-electron chi connectivity index (χ0n) is 24.6. The maximum atomic E-state index is 14.3. The highest BCUT2D eigenvalue weighted by molar-refractivity contribution is 7.98. The molecule has 1 aliphatic heterocycles. The highest BCUT2D eigenvalue weighted by Gasteiger charge is 2.35. The molecular formula is C36H29ClN2O4S2. The largest absolute Gasteiger partial charge is 0.488 e. The van der Waals surface area contributed by atoms with Gasteiger partial charge in [0.15, 0.2) is 4.80 Å². The number of carbonyl (C=O) groups excluding carboxylic acids is 1. The van der Waals surface area contributed by atoms with Crippen LogP contribution in [0.25, 0.3) is 11.8 Å². The lowest BCUT2D eigenvalue weighted by Gasteiger charge is -2.26. The second-order valence-corrected chi connectivity index (χ2v) is 12.4. The fraction of sp³-hybridized carbons (Fsp3) is 0.139. The van der Waals surface area contributed by atoms with Gasteiger partial charge in [-0.05, 0) is 49.1 Å². The van der Waals surface area contributed by atoms with E-state index in [2.05, 4.69) is 0 Å². The Bertz CT molecular complexity index is 2070. The highest BCUT2D eigenvalue weighted by Crippen LogP contribution is 2.35. The third-order valence-electron chi connectivity index (χ3n) is 7.35. The zero-order valence-corrected chi connectivity index (χ0v) is 27.0. The van der Waals surface area contributed by atoms with Crippen LogP contribution in [0.2, 0.25) is 5.02 Å². The minimum atomic E-state index is -0.736. The van der Waals surface area contributed by atoms with Gasteiger partial charge in [0.25, 0.3) is 5.56 Å². The summed E-state index contributed by atoms with van der Waals surface area (Å²) in [7, 11) is 0. The molecule has 0 spiro atoms. The molecule has 0 saturated heterocycles. The Morgan fingerprint density at radius 3 is 2.42 bits per heavy atom. The van der Waals surface area contributed by atoms with E-state index in [9.17, 15) is 9.59 Å². The van der Waals surface area contributed by atoms with Gasteiger partial charge in [0.2, 0.25) is 0 Å². The summed E-state index contributed by atoms with van der Waals surface area (Å²) in [6.45, 7) is 2.24. The SMILES string of the molecule is CCOC(=O)C1=C(c2ccccc2)N=c2s/c(=C/c3ccccc3OCc3ccccc3Cl)c(=O)n2[C@H]1c1ccc(SC)cc1. The number of hydrogen-bond donors (Lipinski definition) is 0. The van der Waals surface area contributed by atoms with Crippen LogP contribution in [0.3, 0.4) is 0 Å². The fourth-order valence-corrected chi connectivity index (χ4v) is 6.78. The van der Waals surface area contributed by atoms with Gasteiger partial charge in [-0.1, -0.05) is 102 Å². The normalized spacial score (nSPS) is 14.6. The molecular weight excluding hydrogens is 624 g/mol. The Morgan fingerprint density at radius 1 is 0.978 bits per heavy atom. The van der Waals surface area contributed by atoms with E-state index in [-0.39, 0.29) is 18.8 Å². The van der Waals surface area contributed by atoms with Crippen molar-refractivity contribution in [2.75, 3.05) is 12.9 Å². The fourth-order valence-electron chi connectivity index (χ4n) is 5.19. The van der Waals surface area contributed by atoms with Crippen LogP contribution in [-0.4, -0.2) is 23.4 Å². The third kappa shape index (κ3) is 6.40. The van der Waals surface area contributed by atoms with Crippen LogP contribution >= 0.6 is 34.7 Å². The van der Waals surface area contributed by atoms with Crippen LogP contribution in [-0.2, 0) is 16.1 Å². The lowest BCUT2D eigenvalue weighted by Crippen LogP contribution is -2.40. The number of carbonyl (C=O) groups is 1. The van der Waals surface area contributed by atoms with Gasteiger partial charge in [0.1, 0.15) is 12.4 Å². The Balaban J connectivity index is 1.52. The first-order valence-corrected chi connectivity index (χ1v) is 16.8. The van der Waals surface area contributed by atoms with Crippen LogP contribution in [0.1, 0.15) is 35.2 Å². The molecule has 6 rings (SSSR count). The van der Waals surface area contributed by atoms with Crippen molar-refractivity contribution in [2.24, 2.45) is 4.99 Å². The smallest absolute Gasteiger partial charge is 0.338 e. The van der Waals surface area contributed by atoms with Gasteiger partial charge in [-0.25, -0.2) is 9.79 Å². The zero-order chi connectivity index (χ0) is 31.3. The summed E-state index contributed by atoms with van der Waals surface area (Å²) >= 11 is 9.25. The number of rotatable bonds is 9. The summed E-state index contributed by atoms with van der Waals surface area (Å²) in [5.41, 5.74) is 3.71. The number of para-hydroxylation sites is 1. The van der Waals surface area contributed by atoms with Crippen molar-refractivity contribution < 1.29 is 14.3 Å². The third-order valence-corrected chi connectivity index (χ3v) is 9.45. The van der Waals surface area contributed by atoms with E-state index in [1.807, 2.05) is 115 Å². The van der Waals surface area contributed by atoms with Crippen molar-refractivity contribution in [3.05, 3.63) is 156 Å². The van der Waals surface area contributed by atoms with E-state index in [0.29, 0.717) is 31.4 Å². The highest BCUT2D eigenvalue weighted by atomic mass is 35.5. The molecule has 1 atom stereocenters. The molecule has 0 radical (unpaired) electrons. The molecule has 0 N–H and O–H groups in total. The number of ether oxygens (including phenoxy) is 2. The number of halogens is 1. The van der Waals surface area contributed by atoms with Crippen molar-refractivity contribution in [3.63, 3.8) is 0 Å². The van der Waals surface area contributed by atoms with Gasteiger partial charge < -0.3 is 9.47 Å². The number of esters is 1. The monoisotopic (exact) mass is 652 g/mol. The predicted octanol–water partition coefficient (Wildman–Crippen LogP) is 6.89. The Labute approximate surface area is 274 Å². The Kier molecular flexibility index (Phi) is 9.35. The minimum absolute atomic E-state index is 0.192. The van der Waals surface area contributed by atoms with Gasteiger partial charge in [-0.3, -0.25) is 9.36 Å². The standard InChI is InChI=1S/C36H29ClN2O4S2/c1-3-42-35(41)31-32(23-11-5-4-6-12-23)38-36-39(33(31)24-17-19-27(44-2)20-18-24)34(40)30(45-36)21-25-13-8-10-16-29(25)43-22-26-14-7-9-15-28(26)37/h4-21,33H,3,22H2,1-2H3/b30-21+/t33-/m0/s1. The lowest BCUT2D eigenvalue weighted by molar-refractivity contribution is -0.138. The van der Waals surface area contributed by atoms with E-state index in [1.165, 1.54) is 11.3 Å². The average Bonchev–Trinajstić information content (AvgIpc) is 3.38. The number of nitrogens with zero attached hydrogens (tertiary/aromatic N) is 2. The summed E-state index contributed by atoms with van der Waals surface area (Å²) < 4.78 is 13.8. The molecule has 0 bridgehead atoms. The predicted molar refractivity (Wildman–Crippen MR) is 182 cm³/mol.